The maximum absolute atomic E-state index is 13.1. The molecule has 0 aliphatic carbocycles. The number of carbonyl (C=O) groups is 1. The fourth-order valence-electron chi connectivity index (χ4n) is 4.02. The zero-order chi connectivity index (χ0) is 18.9. The quantitative estimate of drug-likeness (QED) is 0.555. The topological polar surface area (TPSA) is 40.9 Å². The minimum atomic E-state index is 0.131. The predicted octanol–water partition coefficient (Wildman–Crippen LogP) is 3.45. The van der Waals surface area contributed by atoms with Crippen LogP contribution in [-0.2, 0) is 6.54 Å². The van der Waals surface area contributed by atoms with E-state index in [9.17, 15) is 4.79 Å². The van der Waals surface area contributed by atoms with Gasteiger partial charge in [0.2, 0.25) is 0 Å². The van der Waals surface area contributed by atoms with Gasteiger partial charge in [0, 0.05) is 44.5 Å². The van der Waals surface area contributed by atoms with Gasteiger partial charge in [-0.15, -0.1) is 0 Å². The Morgan fingerprint density at radius 1 is 0.893 bits per heavy atom. The van der Waals surface area contributed by atoms with Crippen LogP contribution in [0, 0.1) is 0 Å². The van der Waals surface area contributed by atoms with Gasteiger partial charge in [0.1, 0.15) is 5.65 Å². The summed E-state index contributed by atoms with van der Waals surface area (Å²) in [7, 11) is 0. The average Bonchev–Trinajstić information content (AvgIpc) is 3.16. The molecule has 0 radical (unpaired) electrons. The third-order valence-electron chi connectivity index (χ3n) is 5.56. The van der Waals surface area contributed by atoms with Crippen LogP contribution < -0.4 is 0 Å². The highest BCUT2D eigenvalue weighted by atomic mass is 16.2. The largest absolute Gasteiger partial charge is 0.336 e. The fraction of sp³-hybridized carbons (Fsp3) is 0.217. The van der Waals surface area contributed by atoms with Crippen molar-refractivity contribution in [2.24, 2.45) is 0 Å². The van der Waals surface area contributed by atoms with E-state index in [2.05, 4.69) is 32.6 Å². The highest BCUT2D eigenvalue weighted by Crippen LogP contribution is 2.21. The Hall–Kier alpha value is -3.18. The van der Waals surface area contributed by atoms with Crippen molar-refractivity contribution in [1.82, 2.24) is 19.2 Å². The Labute approximate surface area is 163 Å². The highest BCUT2D eigenvalue weighted by Gasteiger charge is 2.23. The summed E-state index contributed by atoms with van der Waals surface area (Å²) < 4.78 is 2.13. The molecule has 1 aliphatic rings. The van der Waals surface area contributed by atoms with E-state index in [0.29, 0.717) is 0 Å². The van der Waals surface area contributed by atoms with Gasteiger partial charge in [-0.05, 0) is 29.0 Å². The minimum absolute atomic E-state index is 0.131. The lowest BCUT2D eigenvalue weighted by molar-refractivity contribution is 0.0628. The van der Waals surface area contributed by atoms with Crippen LogP contribution in [0.5, 0.6) is 0 Å². The first-order valence-corrected chi connectivity index (χ1v) is 9.70. The molecule has 1 saturated heterocycles. The molecule has 4 aromatic rings. The summed E-state index contributed by atoms with van der Waals surface area (Å²) in [6.45, 7) is 4.09. The molecule has 0 N–H and O–H groups in total. The van der Waals surface area contributed by atoms with E-state index in [1.54, 1.807) is 0 Å². The average molecular weight is 370 g/mol. The number of rotatable bonds is 3. The molecule has 0 spiro atoms. The molecule has 1 fully saturated rings. The van der Waals surface area contributed by atoms with Gasteiger partial charge in [-0.2, -0.15) is 0 Å². The molecule has 1 aliphatic heterocycles. The van der Waals surface area contributed by atoms with Crippen molar-refractivity contribution >= 4 is 22.3 Å². The van der Waals surface area contributed by atoms with Crippen LogP contribution in [0.15, 0.2) is 73.1 Å². The van der Waals surface area contributed by atoms with E-state index in [1.807, 2.05) is 59.6 Å². The van der Waals surface area contributed by atoms with Gasteiger partial charge in [0.05, 0.1) is 11.9 Å². The van der Waals surface area contributed by atoms with Gasteiger partial charge in [-0.25, -0.2) is 4.98 Å². The van der Waals surface area contributed by atoms with E-state index in [0.717, 1.165) is 54.7 Å². The molecular formula is C23H22N4O. The molecule has 0 saturated carbocycles. The fourth-order valence-corrected chi connectivity index (χ4v) is 4.02. The summed E-state index contributed by atoms with van der Waals surface area (Å²) in [6.07, 6.45) is 4.00. The zero-order valence-electron chi connectivity index (χ0n) is 15.7. The van der Waals surface area contributed by atoms with E-state index in [1.165, 1.54) is 5.69 Å². The first-order chi connectivity index (χ1) is 13.8. The number of nitrogens with zero attached hydrogens (tertiary/aromatic N) is 4. The lowest BCUT2D eigenvalue weighted by Crippen LogP contribution is -2.48. The van der Waals surface area contributed by atoms with Crippen LogP contribution in [0.3, 0.4) is 0 Å². The van der Waals surface area contributed by atoms with Crippen LogP contribution in [-0.4, -0.2) is 51.3 Å². The number of carbonyl (C=O) groups excluding carboxylic acids is 1. The molecular weight excluding hydrogens is 348 g/mol. The highest BCUT2D eigenvalue weighted by molar-refractivity contribution is 6.07. The lowest BCUT2D eigenvalue weighted by atomic mass is 10.0. The van der Waals surface area contributed by atoms with Gasteiger partial charge < -0.3 is 9.30 Å². The van der Waals surface area contributed by atoms with Crippen molar-refractivity contribution in [3.8, 4) is 0 Å². The summed E-state index contributed by atoms with van der Waals surface area (Å²) in [5.41, 5.74) is 2.96. The molecule has 2 aromatic heterocycles. The molecule has 3 heterocycles. The summed E-state index contributed by atoms with van der Waals surface area (Å²) in [5.74, 6) is 0.131. The van der Waals surface area contributed by atoms with E-state index < -0.39 is 0 Å². The number of hydrogen-bond donors (Lipinski definition) is 0. The van der Waals surface area contributed by atoms with Crippen molar-refractivity contribution < 1.29 is 4.79 Å². The van der Waals surface area contributed by atoms with Crippen molar-refractivity contribution in [2.75, 3.05) is 26.2 Å². The molecule has 5 nitrogen and oxygen atoms in total. The molecule has 5 rings (SSSR count). The summed E-state index contributed by atoms with van der Waals surface area (Å²) in [4.78, 5) is 21.9. The van der Waals surface area contributed by atoms with Gasteiger partial charge in [0.25, 0.3) is 5.91 Å². The number of hydrogen-bond acceptors (Lipinski definition) is 3. The zero-order valence-corrected chi connectivity index (χ0v) is 15.7. The van der Waals surface area contributed by atoms with Crippen LogP contribution in [0.2, 0.25) is 0 Å². The van der Waals surface area contributed by atoms with Gasteiger partial charge in [-0.1, -0.05) is 42.5 Å². The summed E-state index contributed by atoms with van der Waals surface area (Å²) >= 11 is 0. The van der Waals surface area contributed by atoms with Crippen LogP contribution in [0.4, 0.5) is 0 Å². The predicted molar refractivity (Wildman–Crippen MR) is 110 cm³/mol. The first kappa shape index (κ1) is 17.0. The van der Waals surface area contributed by atoms with Gasteiger partial charge in [-0.3, -0.25) is 9.69 Å². The summed E-state index contributed by atoms with van der Waals surface area (Å²) in [5, 5.41) is 2.14. The third-order valence-corrected chi connectivity index (χ3v) is 5.56. The second-order valence-electron chi connectivity index (χ2n) is 7.27. The number of piperazine rings is 1. The number of imidazole rings is 1. The standard InChI is InChI=1S/C23H22N4O/c28-23(21-9-5-7-18-6-1-2-8-20(18)21)26-14-12-25(13-15-26)17-19-16-24-22-10-3-4-11-27(19)22/h1-11,16H,12-15,17H2. The van der Waals surface area contributed by atoms with Crippen molar-refractivity contribution in [2.45, 2.75) is 6.54 Å². The smallest absolute Gasteiger partial charge is 0.254 e. The maximum atomic E-state index is 13.1. The number of pyridine rings is 1. The molecule has 0 bridgehead atoms. The number of amides is 1. The Morgan fingerprint density at radius 3 is 2.57 bits per heavy atom. The second kappa shape index (κ2) is 7.09. The van der Waals surface area contributed by atoms with Crippen molar-refractivity contribution in [1.29, 1.82) is 0 Å². The van der Waals surface area contributed by atoms with E-state index in [-0.39, 0.29) is 5.91 Å². The monoisotopic (exact) mass is 370 g/mol. The minimum Gasteiger partial charge on any atom is -0.336 e. The van der Waals surface area contributed by atoms with Crippen molar-refractivity contribution in [3.63, 3.8) is 0 Å². The normalized spacial score (nSPS) is 15.4. The Kier molecular flexibility index (Phi) is 4.29. The molecule has 0 unspecified atom stereocenters. The van der Waals surface area contributed by atoms with Crippen LogP contribution >= 0.6 is 0 Å². The molecule has 28 heavy (non-hydrogen) atoms. The van der Waals surface area contributed by atoms with E-state index in [4.69, 9.17) is 0 Å². The Bertz CT molecular complexity index is 1140. The number of benzene rings is 2. The van der Waals surface area contributed by atoms with Gasteiger partial charge >= 0.3 is 0 Å². The molecule has 0 atom stereocenters. The molecule has 1 amide bonds. The van der Waals surface area contributed by atoms with E-state index >= 15 is 0 Å². The number of aromatic nitrogens is 2. The molecule has 2 aromatic carbocycles. The summed E-state index contributed by atoms with van der Waals surface area (Å²) in [6, 6.07) is 20.1. The molecule has 5 heteroatoms. The van der Waals surface area contributed by atoms with Crippen molar-refractivity contribution in [3.05, 3.63) is 84.3 Å². The Morgan fingerprint density at radius 2 is 1.68 bits per heavy atom. The number of fused-ring (bicyclic) bond motifs is 2. The lowest BCUT2D eigenvalue weighted by Gasteiger charge is -2.34. The second-order valence-corrected chi connectivity index (χ2v) is 7.27. The third kappa shape index (κ3) is 3.04. The SMILES string of the molecule is O=C(c1cccc2ccccc12)N1CCN(Cc2cnc3ccccn23)CC1. The maximum Gasteiger partial charge on any atom is 0.254 e. The molecule has 140 valence electrons. The van der Waals surface area contributed by atoms with Crippen LogP contribution in [0.25, 0.3) is 16.4 Å². The Balaban J connectivity index is 1.28. The van der Waals surface area contributed by atoms with Gasteiger partial charge in [0.15, 0.2) is 0 Å². The van der Waals surface area contributed by atoms with Crippen LogP contribution in [0.1, 0.15) is 16.1 Å². The first-order valence-electron chi connectivity index (χ1n) is 9.70.